The summed E-state index contributed by atoms with van der Waals surface area (Å²) in [6.07, 6.45) is 0. The van der Waals surface area contributed by atoms with E-state index in [0.717, 1.165) is 58.5 Å². The van der Waals surface area contributed by atoms with Crippen molar-refractivity contribution in [2.75, 3.05) is 44.6 Å². The Kier molecular flexibility index (Phi) is 9.63. The van der Waals surface area contributed by atoms with Crippen molar-refractivity contribution in [3.05, 3.63) is 109 Å². The fourth-order valence-corrected chi connectivity index (χ4v) is 5.32. The molecule has 1 saturated heterocycles. The fraction of sp³-hybridized carbons (Fsp3) is 0.367. The molecular weight excluding hydrogens is 505 g/mol. The molecule has 2 N–H and O–H groups in total. The number of rotatable bonds is 9. The number of anilines is 1. The monoisotopic (exact) mass is 539 g/mol. The van der Waals surface area contributed by atoms with E-state index in [1.54, 1.807) is 0 Å². The first kappa shape index (κ1) is 27.6. The molecule has 0 amide bonds. The maximum Gasteiger partial charge on any atom is 0.206 e. The number of benzene rings is 2. The first-order chi connectivity index (χ1) is 17.9. The first-order valence-corrected chi connectivity index (χ1v) is 13.6. The number of hydrogen-bond donors (Lipinski definition) is 2. The first-order valence-electron chi connectivity index (χ1n) is 12.8. The van der Waals surface area contributed by atoms with Crippen LogP contribution in [0.2, 0.25) is 10.0 Å². The molecule has 0 spiro atoms. The van der Waals surface area contributed by atoms with Gasteiger partial charge >= 0.3 is 0 Å². The van der Waals surface area contributed by atoms with Gasteiger partial charge in [-0.25, -0.2) is 0 Å². The predicted molar refractivity (Wildman–Crippen MR) is 154 cm³/mol. The lowest BCUT2D eigenvalue weighted by molar-refractivity contribution is 0.104. The van der Waals surface area contributed by atoms with Crippen molar-refractivity contribution in [3.8, 4) is 0 Å². The van der Waals surface area contributed by atoms with Crippen LogP contribution < -0.4 is 10.7 Å². The second kappa shape index (κ2) is 12.9. The highest BCUT2D eigenvalue weighted by Gasteiger charge is 2.27. The van der Waals surface area contributed by atoms with Crippen LogP contribution >= 0.6 is 23.2 Å². The molecule has 0 saturated carbocycles. The van der Waals surface area contributed by atoms with Crippen LogP contribution in [-0.4, -0.2) is 54.2 Å². The van der Waals surface area contributed by atoms with Crippen LogP contribution in [0.15, 0.2) is 71.5 Å². The fourth-order valence-electron chi connectivity index (χ4n) is 4.92. The molecule has 5 nitrogen and oxygen atoms in total. The Labute approximate surface area is 229 Å². The summed E-state index contributed by atoms with van der Waals surface area (Å²) in [6, 6.07) is 22.0. The van der Waals surface area contributed by atoms with Crippen LogP contribution in [0.3, 0.4) is 0 Å². The lowest BCUT2D eigenvalue weighted by atomic mass is 9.96. The van der Waals surface area contributed by atoms with Gasteiger partial charge in [0.1, 0.15) is 0 Å². The zero-order chi connectivity index (χ0) is 26.4. The van der Waals surface area contributed by atoms with Gasteiger partial charge in [0.25, 0.3) is 0 Å². The van der Waals surface area contributed by atoms with E-state index in [1.807, 2.05) is 48.5 Å². The minimum absolute atomic E-state index is 0.00138. The molecule has 0 bridgehead atoms. The SMILES string of the molecule is CC(C)c1ccc(CN2CCN(C(c3cccc(Cl)c3)c3cccc(Cl)c3)CC2)c(=O)c(NCCO)c1. The van der Waals surface area contributed by atoms with Crippen LogP contribution in [0.5, 0.6) is 0 Å². The summed E-state index contributed by atoms with van der Waals surface area (Å²) in [6.45, 7) is 8.53. The van der Waals surface area contributed by atoms with Crippen LogP contribution in [0, 0.1) is 0 Å². The molecule has 1 fully saturated rings. The van der Waals surface area contributed by atoms with E-state index in [0.29, 0.717) is 24.7 Å². The van der Waals surface area contributed by atoms with Crippen LogP contribution in [-0.2, 0) is 6.54 Å². The maximum absolute atomic E-state index is 13.3. The number of nitrogens with one attached hydrogen (secondary N) is 1. The quantitative estimate of drug-likeness (QED) is 0.360. The smallest absolute Gasteiger partial charge is 0.206 e. The van der Waals surface area contributed by atoms with Crippen LogP contribution in [0.4, 0.5) is 5.69 Å². The van der Waals surface area contributed by atoms with E-state index in [9.17, 15) is 9.90 Å². The second-order valence-corrected chi connectivity index (χ2v) is 10.7. The molecule has 0 unspecified atom stereocenters. The summed E-state index contributed by atoms with van der Waals surface area (Å²) in [4.78, 5) is 18.1. The summed E-state index contributed by atoms with van der Waals surface area (Å²) in [5.41, 5.74) is 4.69. The lowest BCUT2D eigenvalue weighted by Gasteiger charge is -2.39. The van der Waals surface area contributed by atoms with E-state index < -0.39 is 0 Å². The van der Waals surface area contributed by atoms with Crippen molar-refractivity contribution in [2.24, 2.45) is 0 Å². The van der Waals surface area contributed by atoms with Crippen LogP contribution in [0.25, 0.3) is 0 Å². The minimum Gasteiger partial charge on any atom is -0.395 e. The molecule has 0 atom stereocenters. The molecule has 7 heteroatoms. The van der Waals surface area contributed by atoms with Gasteiger partial charge < -0.3 is 10.4 Å². The zero-order valence-electron chi connectivity index (χ0n) is 21.5. The van der Waals surface area contributed by atoms with E-state index in [-0.39, 0.29) is 18.1 Å². The van der Waals surface area contributed by atoms with Gasteiger partial charge in [-0.3, -0.25) is 14.6 Å². The lowest BCUT2D eigenvalue weighted by Crippen LogP contribution is -2.47. The highest BCUT2D eigenvalue weighted by atomic mass is 35.5. The third-order valence-corrected chi connectivity index (χ3v) is 7.38. The van der Waals surface area contributed by atoms with Gasteiger partial charge in [0, 0.05) is 54.9 Å². The topological polar surface area (TPSA) is 55.8 Å². The summed E-state index contributed by atoms with van der Waals surface area (Å²) >= 11 is 12.7. The van der Waals surface area contributed by atoms with Gasteiger partial charge in [0.15, 0.2) is 0 Å². The van der Waals surface area contributed by atoms with E-state index in [1.165, 1.54) is 0 Å². The van der Waals surface area contributed by atoms with E-state index in [4.69, 9.17) is 23.2 Å². The number of nitrogens with zero attached hydrogens (tertiary/aromatic N) is 2. The number of hydrogen-bond acceptors (Lipinski definition) is 5. The maximum atomic E-state index is 13.3. The Morgan fingerprint density at radius 1 is 0.865 bits per heavy atom. The van der Waals surface area contributed by atoms with Crippen molar-refractivity contribution >= 4 is 28.9 Å². The van der Waals surface area contributed by atoms with E-state index >= 15 is 0 Å². The van der Waals surface area contributed by atoms with Crippen molar-refractivity contribution in [3.63, 3.8) is 0 Å². The van der Waals surface area contributed by atoms with Crippen molar-refractivity contribution in [1.82, 2.24) is 9.80 Å². The van der Waals surface area contributed by atoms with Crippen LogP contribution in [0.1, 0.15) is 48.1 Å². The summed E-state index contributed by atoms with van der Waals surface area (Å²) in [7, 11) is 0. The number of piperazine rings is 1. The highest BCUT2D eigenvalue weighted by Crippen LogP contribution is 2.32. The number of aliphatic hydroxyl groups is 1. The van der Waals surface area contributed by atoms with Gasteiger partial charge in [-0.15, -0.1) is 0 Å². The predicted octanol–water partition coefficient (Wildman–Crippen LogP) is 5.79. The average Bonchev–Trinajstić information content (AvgIpc) is 3.03. The number of aliphatic hydroxyl groups excluding tert-OH is 1. The Hall–Kier alpha value is -2.41. The summed E-state index contributed by atoms with van der Waals surface area (Å²) in [5.74, 6) is 0.299. The van der Waals surface area contributed by atoms with Crippen molar-refractivity contribution in [1.29, 1.82) is 0 Å². The van der Waals surface area contributed by atoms with Gasteiger partial charge in [-0.1, -0.05) is 73.4 Å². The molecule has 0 aromatic heterocycles. The van der Waals surface area contributed by atoms with Gasteiger partial charge in [0.05, 0.1) is 18.3 Å². The molecule has 37 heavy (non-hydrogen) atoms. The molecule has 1 heterocycles. The zero-order valence-corrected chi connectivity index (χ0v) is 23.0. The molecule has 4 rings (SSSR count). The van der Waals surface area contributed by atoms with E-state index in [2.05, 4.69) is 47.2 Å². The van der Waals surface area contributed by atoms with Crippen molar-refractivity contribution < 1.29 is 5.11 Å². The Bertz CT molecular complexity index is 1210. The minimum atomic E-state index is -0.0211. The molecule has 196 valence electrons. The third-order valence-electron chi connectivity index (χ3n) is 6.91. The summed E-state index contributed by atoms with van der Waals surface area (Å²) < 4.78 is 0. The molecule has 1 aliphatic heterocycles. The molecular formula is C30H35Cl2N3O2. The second-order valence-electron chi connectivity index (χ2n) is 9.88. The molecule has 3 aromatic carbocycles. The standard InChI is InChI=1S/C30H35Cl2N3O2/c1-21(2)22-9-10-25(30(37)28(19-22)33-11-16-36)20-34-12-14-35(15-13-34)29(23-5-3-7-26(31)17-23)24-6-4-8-27(32)18-24/h3-10,17-19,21,29,36H,11-16,20H2,1-2H3,(H,33,37). The number of halogens is 2. The van der Waals surface area contributed by atoms with Gasteiger partial charge in [-0.05, 0) is 52.9 Å². The summed E-state index contributed by atoms with van der Waals surface area (Å²) in [5, 5.41) is 13.8. The molecule has 3 aromatic rings. The van der Waals surface area contributed by atoms with Gasteiger partial charge in [-0.2, -0.15) is 0 Å². The highest BCUT2D eigenvalue weighted by molar-refractivity contribution is 6.31. The Morgan fingerprint density at radius 3 is 2.03 bits per heavy atom. The molecule has 0 aliphatic carbocycles. The normalized spacial score (nSPS) is 14.9. The molecule has 1 aliphatic rings. The largest absolute Gasteiger partial charge is 0.395 e. The Balaban J connectivity index is 1.54. The molecule has 0 radical (unpaired) electrons. The third kappa shape index (κ3) is 7.13. The Morgan fingerprint density at radius 2 is 1.49 bits per heavy atom. The average molecular weight is 541 g/mol. The van der Waals surface area contributed by atoms with Crippen molar-refractivity contribution in [2.45, 2.75) is 32.4 Å². The van der Waals surface area contributed by atoms with Gasteiger partial charge in [0.2, 0.25) is 5.43 Å².